The molecule has 3 N–H and O–H groups in total. The zero-order chi connectivity index (χ0) is 43.9. The van der Waals surface area contributed by atoms with Crippen LogP contribution in [0.15, 0.2) is 36.5 Å². The number of imidazole rings is 1. The highest BCUT2D eigenvalue weighted by Gasteiger charge is 2.63. The zero-order valence-corrected chi connectivity index (χ0v) is 36.2. The van der Waals surface area contributed by atoms with Crippen LogP contribution in [-0.4, -0.2) is 108 Å². The monoisotopic (exact) mass is 875 g/mol. The van der Waals surface area contributed by atoms with Crippen LogP contribution in [0, 0.1) is 24.7 Å². The van der Waals surface area contributed by atoms with Gasteiger partial charge in [-0.25, -0.2) is 27.0 Å². The lowest BCUT2D eigenvalue weighted by Crippen LogP contribution is -2.66. The van der Waals surface area contributed by atoms with Crippen LogP contribution < -0.4 is 14.8 Å². The van der Waals surface area contributed by atoms with E-state index >= 15 is 13.6 Å². The molecular formula is C41H52ClF2N7O8S. The first-order valence-electron chi connectivity index (χ1n) is 20.3. The summed E-state index contributed by atoms with van der Waals surface area (Å²) in [5, 5.41) is 14.3. The Morgan fingerprint density at radius 1 is 1.13 bits per heavy atom. The maximum absolute atomic E-state index is 15.4. The Kier molecular flexibility index (Phi) is 10.9. The molecule has 0 bridgehead atoms. The number of hydrogen-bond acceptors (Lipinski definition) is 9. The fourth-order valence-corrected chi connectivity index (χ4v) is 10.2. The lowest BCUT2D eigenvalue weighted by molar-refractivity contribution is -0.156. The molecule has 2 aliphatic heterocycles. The molecule has 2 aromatic heterocycles. The normalized spacial score (nSPS) is 28.6. The molecular weight excluding hydrogens is 824 g/mol. The van der Waals surface area contributed by atoms with Crippen LogP contribution in [-0.2, 0) is 24.4 Å². The number of ether oxygens (including phenoxy) is 1. The number of sulfonamides is 1. The number of hydrogen-bond donors (Lipinski definition) is 3. The van der Waals surface area contributed by atoms with Gasteiger partial charge in [0.2, 0.25) is 33.5 Å². The van der Waals surface area contributed by atoms with Gasteiger partial charge in [-0.2, -0.15) is 4.98 Å². The van der Waals surface area contributed by atoms with Crippen LogP contribution in [0.3, 0.4) is 0 Å². The zero-order valence-electron chi connectivity index (χ0n) is 34.7. The molecule has 19 heteroatoms. The van der Waals surface area contributed by atoms with E-state index in [2.05, 4.69) is 20.0 Å². The summed E-state index contributed by atoms with van der Waals surface area (Å²) in [6.45, 7) is 9.31. The second-order valence-corrected chi connectivity index (χ2v) is 20.8. The molecule has 1 aromatic carbocycles. The molecule has 60 heavy (non-hydrogen) atoms. The molecule has 4 amide bonds. The van der Waals surface area contributed by atoms with E-state index in [4.69, 9.17) is 16.3 Å². The second kappa shape index (κ2) is 15.1. The Balaban J connectivity index is 1.32. The number of fused-ring (bicyclic) bond motifs is 5. The molecule has 1 saturated heterocycles. The fourth-order valence-electron chi connectivity index (χ4n) is 8.69. The predicted octanol–water partition coefficient (Wildman–Crippen LogP) is 5.86. The van der Waals surface area contributed by atoms with E-state index in [1.807, 2.05) is 13.0 Å². The second-order valence-electron chi connectivity index (χ2n) is 18.1. The van der Waals surface area contributed by atoms with Crippen LogP contribution in [0.5, 0.6) is 5.88 Å². The summed E-state index contributed by atoms with van der Waals surface area (Å²) in [7, 11) is -4.10. The number of carbonyl (C=O) groups is 4. The van der Waals surface area contributed by atoms with E-state index in [1.54, 1.807) is 48.7 Å². The summed E-state index contributed by atoms with van der Waals surface area (Å²) in [5.41, 5.74) is -2.74. The number of nitrogens with one attached hydrogen (secondary N) is 2. The Morgan fingerprint density at radius 2 is 1.83 bits per heavy atom. The number of allylic oxidation sites excluding steroid dienone is 1. The fraction of sp³-hybridized carbons (Fsp3) is 0.610. The number of carbonyl (C=O) groups excluding carboxylic acids is 3. The molecule has 4 aliphatic rings. The van der Waals surface area contributed by atoms with Crippen molar-refractivity contribution in [3.8, 4) is 5.88 Å². The van der Waals surface area contributed by atoms with Crippen LogP contribution in [0.1, 0.15) is 92.2 Å². The molecule has 3 fully saturated rings. The van der Waals surface area contributed by atoms with Gasteiger partial charge in [0.1, 0.15) is 29.3 Å². The number of aromatic nitrogens is 3. The minimum atomic E-state index is -4.10. The maximum Gasteiger partial charge on any atom is 0.408 e. The van der Waals surface area contributed by atoms with E-state index in [0.29, 0.717) is 64.9 Å². The van der Waals surface area contributed by atoms with E-state index in [9.17, 15) is 27.9 Å². The topological polar surface area (TPSA) is 193 Å². The Hall–Kier alpha value is -4.58. The molecule has 7 atom stereocenters. The quantitative estimate of drug-likeness (QED) is 0.231. The predicted molar refractivity (Wildman–Crippen MR) is 218 cm³/mol. The number of halogens is 3. The Morgan fingerprint density at radius 3 is 2.48 bits per heavy atom. The van der Waals surface area contributed by atoms with Crippen molar-refractivity contribution in [1.82, 2.24) is 34.2 Å². The third kappa shape index (κ3) is 7.77. The summed E-state index contributed by atoms with van der Waals surface area (Å²) >= 11 is 6.42. The van der Waals surface area contributed by atoms with E-state index in [-0.39, 0.29) is 37.6 Å². The molecule has 326 valence electrons. The Bertz CT molecular complexity index is 2400. The largest absolute Gasteiger partial charge is 0.472 e. The van der Waals surface area contributed by atoms with Gasteiger partial charge in [-0.1, -0.05) is 37.6 Å². The van der Waals surface area contributed by atoms with Crippen molar-refractivity contribution in [3.63, 3.8) is 0 Å². The highest BCUT2D eigenvalue weighted by molar-refractivity contribution is 7.91. The summed E-state index contributed by atoms with van der Waals surface area (Å²) < 4.78 is 66.7. The number of benzene rings is 1. The number of rotatable bonds is 8. The van der Waals surface area contributed by atoms with E-state index in [1.165, 1.54) is 6.92 Å². The number of aryl methyl sites for hydroxylation is 1. The van der Waals surface area contributed by atoms with Gasteiger partial charge in [0, 0.05) is 30.5 Å². The smallest absolute Gasteiger partial charge is 0.408 e. The number of alkyl halides is 2. The van der Waals surface area contributed by atoms with Crippen molar-refractivity contribution in [3.05, 3.63) is 47.3 Å². The summed E-state index contributed by atoms with van der Waals surface area (Å²) in [5.74, 6) is -7.34. The van der Waals surface area contributed by atoms with Crippen LogP contribution in [0.2, 0.25) is 5.02 Å². The van der Waals surface area contributed by atoms with Crippen molar-refractivity contribution in [2.45, 2.75) is 133 Å². The molecule has 0 spiro atoms. The highest BCUT2D eigenvalue weighted by atomic mass is 35.5. The SMILES string of the molecule is Cc1cn2c(n1)nc(O[C@@H]1C[C@H]3C(=O)N[C@]4(C(=O)NS(=O)(=O)C5(C)CC5)C[C@H]4C=CCC[C@H](C)C[C@@H](C)[C@H](N(C(=O)O)C(C)(C)C(C)(F)F)C(=O)N3C1)c1cc(Cl)ccc12. The first-order valence-corrected chi connectivity index (χ1v) is 22.1. The summed E-state index contributed by atoms with van der Waals surface area (Å²) in [4.78, 5) is 67.9. The van der Waals surface area contributed by atoms with Crippen LogP contribution >= 0.6 is 11.6 Å². The van der Waals surface area contributed by atoms with Gasteiger partial charge in [0.05, 0.1) is 27.9 Å². The number of amides is 4. The standard InChI is InChI=1S/C41H52ClF2N7O8S/c1-22-10-8-9-11-25-19-41(25,35(54)48-60(57,58)39(6)14-15-39)47-32(52)30-18-27(59-33-28-17-26(42)12-13-29(28)50-20-24(3)45-36(50)46-33)21-49(30)34(53)31(23(2)16-22)51(37(55)56)38(4,5)40(7,43)44/h9,11-13,17,20,22-23,25,27,30-31H,8,10,14-16,18-19,21H2,1-7H3,(H,47,52)(H,48,54)(H,55,56)/t22-,23+,25+,27+,30-,31-,41+/m0/s1. The summed E-state index contributed by atoms with van der Waals surface area (Å²) in [6, 6.07) is 2.01. The summed E-state index contributed by atoms with van der Waals surface area (Å²) in [6.07, 6.45) is 4.69. The van der Waals surface area contributed by atoms with Gasteiger partial charge in [0.15, 0.2) is 0 Å². The third-order valence-electron chi connectivity index (χ3n) is 13.1. The first kappa shape index (κ1) is 43.5. The van der Waals surface area contributed by atoms with Crippen molar-refractivity contribution >= 4 is 62.1 Å². The van der Waals surface area contributed by atoms with Crippen molar-refractivity contribution < 1.29 is 46.2 Å². The van der Waals surface area contributed by atoms with Crippen LogP contribution in [0.25, 0.3) is 16.7 Å². The van der Waals surface area contributed by atoms with E-state index < -0.39 is 85.6 Å². The first-order chi connectivity index (χ1) is 27.9. The van der Waals surface area contributed by atoms with Gasteiger partial charge < -0.3 is 20.1 Å². The minimum Gasteiger partial charge on any atom is -0.472 e. The number of nitrogens with zero attached hydrogens (tertiary/aromatic N) is 5. The van der Waals surface area contributed by atoms with E-state index in [0.717, 1.165) is 18.7 Å². The third-order valence-corrected chi connectivity index (χ3v) is 15.5. The number of carboxylic acid groups (broad SMARTS) is 1. The lowest BCUT2D eigenvalue weighted by atomic mass is 9.84. The average molecular weight is 876 g/mol. The highest BCUT2D eigenvalue weighted by Crippen LogP contribution is 2.48. The molecule has 2 saturated carbocycles. The van der Waals surface area contributed by atoms with Gasteiger partial charge in [-0.3, -0.25) is 28.4 Å². The van der Waals surface area contributed by atoms with Crippen molar-refractivity contribution in [2.75, 3.05) is 6.54 Å². The molecule has 15 nitrogen and oxygen atoms in total. The molecule has 4 heterocycles. The molecule has 3 aromatic rings. The maximum atomic E-state index is 15.4. The van der Waals surface area contributed by atoms with Gasteiger partial charge in [0.25, 0.3) is 11.8 Å². The molecule has 2 aliphatic carbocycles. The average Bonchev–Trinajstić information content (AvgIpc) is 3.96. The minimum absolute atomic E-state index is 0.0795. The molecule has 0 radical (unpaired) electrons. The Labute approximate surface area is 352 Å². The van der Waals surface area contributed by atoms with Gasteiger partial charge in [-0.15, -0.1) is 0 Å². The molecule has 7 rings (SSSR count). The van der Waals surface area contributed by atoms with Crippen molar-refractivity contribution in [2.24, 2.45) is 17.8 Å². The lowest BCUT2D eigenvalue weighted by Gasteiger charge is -2.47. The van der Waals surface area contributed by atoms with Crippen molar-refractivity contribution in [1.29, 1.82) is 0 Å². The van der Waals surface area contributed by atoms with Crippen LogP contribution in [0.4, 0.5) is 13.6 Å². The van der Waals surface area contributed by atoms with Gasteiger partial charge >= 0.3 is 6.09 Å². The van der Waals surface area contributed by atoms with Gasteiger partial charge in [-0.05, 0) is 96.3 Å². The molecule has 0 unspecified atom stereocenters.